The number of benzene rings is 1. The highest BCUT2D eigenvalue weighted by molar-refractivity contribution is 14.1. The average molecular weight is 395 g/mol. The van der Waals surface area contributed by atoms with Gasteiger partial charge in [0.2, 0.25) is 0 Å². The average Bonchev–Trinajstić information content (AvgIpc) is 2.46. The van der Waals surface area contributed by atoms with Crippen molar-refractivity contribution in [3.63, 3.8) is 0 Å². The lowest BCUT2D eigenvalue weighted by Crippen LogP contribution is -2.53. The van der Waals surface area contributed by atoms with Crippen LogP contribution in [-0.4, -0.2) is 57.2 Å². The molecule has 4 atom stereocenters. The van der Waals surface area contributed by atoms with Crippen LogP contribution in [0.5, 0.6) is 0 Å². The summed E-state index contributed by atoms with van der Waals surface area (Å²) in [4.78, 5) is 11.9. The fourth-order valence-corrected chi connectivity index (χ4v) is 2.02. The molecule has 6 N–H and O–H groups in total. The highest BCUT2D eigenvalue weighted by atomic mass is 127. The standard InChI is InChI=1S/C13H18INO5/c14-8-3-1-7(2-4-8)5-9(17)11(15)13(20)12(19)10(18)6-16/h1-4,10-13,16,18-20H,5-6,15H2/t10-,11+,12-,13-/m1/s1. The Morgan fingerprint density at radius 2 is 1.70 bits per heavy atom. The van der Waals surface area contributed by atoms with Crippen LogP contribution in [0.1, 0.15) is 5.56 Å². The molecule has 7 heteroatoms. The highest BCUT2D eigenvalue weighted by Gasteiger charge is 2.32. The van der Waals surface area contributed by atoms with Crippen LogP contribution in [0.2, 0.25) is 0 Å². The molecule has 0 aliphatic rings. The first kappa shape index (κ1) is 17.5. The van der Waals surface area contributed by atoms with E-state index in [2.05, 4.69) is 22.6 Å². The summed E-state index contributed by atoms with van der Waals surface area (Å²) in [6.07, 6.45) is -4.82. The van der Waals surface area contributed by atoms with Crippen LogP contribution in [0, 0.1) is 3.57 Å². The summed E-state index contributed by atoms with van der Waals surface area (Å²) < 4.78 is 1.03. The van der Waals surface area contributed by atoms with Gasteiger partial charge >= 0.3 is 0 Å². The molecule has 0 spiro atoms. The Bertz CT molecular complexity index is 439. The van der Waals surface area contributed by atoms with E-state index < -0.39 is 36.7 Å². The maximum atomic E-state index is 11.9. The number of hydrogen-bond donors (Lipinski definition) is 5. The molecule has 6 nitrogen and oxygen atoms in total. The number of hydrogen-bond acceptors (Lipinski definition) is 6. The van der Waals surface area contributed by atoms with E-state index in [9.17, 15) is 20.1 Å². The van der Waals surface area contributed by atoms with Crippen LogP contribution in [0.4, 0.5) is 0 Å². The molecule has 0 radical (unpaired) electrons. The Morgan fingerprint density at radius 3 is 2.20 bits per heavy atom. The molecule has 0 aliphatic heterocycles. The van der Waals surface area contributed by atoms with Gasteiger partial charge in [-0.25, -0.2) is 0 Å². The molecule has 112 valence electrons. The molecule has 0 aromatic heterocycles. The van der Waals surface area contributed by atoms with Gasteiger partial charge in [0, 0.05) is 9.99 Å². The van der Waals surface area contributed by atoms with Gasteiger partial charge in [0.1, 0.15) is 18.3 Å². The van der Waals surface area contributed by atoms with E-state index in [0.717, 1.165) is 9.13 Å². The van der Waals surface area contributed by atoms with Crippen molar-refractivity contribution in [3.8, 4) is 0 Å². The van der Waals surface area contributed by atoms with Crippen LogP contribution in [0.25, 0.3) is 0 Å². The number of Topliss-reactive ketones (excluding diaryl/α,β-unsaturated/α-hetero) is 1. The van der Waals surface area contributed by atoms with Crippen molar-refractivity contribution in [2.24, 2.45) is 5.73 Å². The Balaban J connectivity index is 2.64. The minimum atomic E-state index is -1.67. The van der Waals surface area contributed by atoms with Crippen molar-refractivity contribution in [2.45, 2.75) is 30.8 Å². The first-order valence-corrected chi connectivity index (χ1v) is 7.12. The monoisotopic (exact) mass is 395 g/mol. The maximum Gasteiger partial charge on any atom is 0.156 e. The van der Waals surface area contributed by atoms with E-state index in [1.54, 1.807) is 12.1 Å². The lowest BCUT2D eigenvalue weighted by molar-refractivity contribution is -0.128. The highest BCUT2D eigenvalue weighted by Crippen LogP contribution is 2.10. The van der Waals surface area contributed by atoms with Crippen molar-refractivity contribution >= 4 is 28.4 Å². The maximum absolute atomic E-state index is 11.9. The van der Waals surface area contributed by atoms with Gasteiger partial charge in [-0.15, -0.1) is 0 Å². The topological polar surface area (TPSA) is 124 Å². The molecule has 1 aromatic rings. The minimum absolute atomic E-state index is 0.0249. The fraction of sp³-hybridized carbons (Fsp3) is 0.462. The first-order chi connectivity index (χ1) is 9.36. The molecule has 0 heterocycles. The van der Waals surface area contributed by atoms with Gasteiger partial charge in [0.15, 0.2) is 5.78 Å². The van der Waals surface area contributed by atoms with E-state index in [0.29, 0.717) is 0 Å². The van der Waals surface area contributed by atoms with E-state index in [-0.39, 0.29) is 6.42 Å². The van der Waals surface area contributed by atoms with Crippen molar-refractivity contribution < 1.29 is 25.2 Å². The number of halogens is 1. The third kappa shape index (κ3) is 4.76. The number of aliphatic hydroxyl groups excluding tert-OH is 4. The molecular weight excluding hydrogens is 377 g/mol. The van der Waals surface area contributed by atoms with Gasteiger partial charge in [-0.05, 0) is 40.3 Å². The largest absolute Gasteiger partial charge is 0.394 e. The third-order valence-electron chi connectivity index (χ3n) is 2.96. The van der Waals surface area contributed by atoms with Crippen molar-refractivity contribution in [1.29, 1.82) is 0 Å². The Hall–Kier alpha value is -0.580. The van der Waals surface area contributed by atoms with Gasteiger partial charge in [-0.1, -0.05) is 12.1 Å². The lowest BCUT2D eigenvalue weighted by atomic mass is 9.95. The molecule has 0 saturated heterocycles. The van der Waals surface area contributed by atoms with E-state index >= 15 is 0 Å². The first-order valence-electron chi connectivity index (χ1n) is 6.04. The van der Waals surface area contributed by atoms with Crippen LogP contribution in [-0.2, 0) is 11.2 Å². The normalized spacial score (nSPS) is 17.3. The number of rotatable bonds is 7. The second kappa shape index (κ2) is 8.01. The number of carbonyl (C=O) groups excluding carboxylic acids is 1. The van der Waals surface area contributed by atoms with Gasteiger partial charge in [0.05, 0.1) is 12.6 Å². The zero-order valence-corrected chi connectivity index (χ0v) is 12.8. The van der Waals surface area contributed by atoms with Crippen LogP contribution in [0.3, 0.4) is 0 Å². The molecule has 20 heavy (non-hydrogen) atoms. The molecule has 0 unspecified atom stereocenters. The summed E-state index contributed by atoms with van der Waals surface area (Å²) in [6, 6.07) is 5.91. The van der Waals surface area contributed by atoms with Crippen LogP contribution >= 0.6 is 22.6 Å². The quantitative estimate of drug-likeness (QED) is 0.370. The van der Waals surface area contributed by atoms with Gasteiger partial charge in [-0.3, -0.25) is 4.79 Å². The Labute approximate surface area is 130 Å². The minimum Gasteiger partial charge on any atom is -0.394 e. The van der Waals surface area contributed by atoms with Crippen LogP contribution < -0.4 is 5.73 Å². The summed E-state index contributed by atoms with van der Waals surface area (Å²) in [5.41, 5.74) is 6.32. The van der Waals surface area contributed by atoms with E-state index in [1.165, 1.54) is 0 Å². The smallest absolute Gasteiger partial charge is 0.156 e. The van der Waals surface area contributed by atoms with E-state index in [1.807, 2.05) is 12.1 Å². The van der Waals surface area contributed by atoms with Crippen LogP contribution in [0.15, 0.2) is 24.3 Å². The molecule has 1 aromatic carbocycles. The molecule has 0 saturated carbocycles. The lowest BCUT2D eigenvalue weighted by Gasteiger charge is -2.25. The number of aliphatic hydroxyl groups is 4. The molecule has 0 bridgehead atoms. The predicted molar refractivity (Wildman–Crippen MR) is 81.0 cm³/mol. The van der Waals surface area contributed by atoms with Gasteiger partial charge < -0.3 is 26.2 Å². The summed E-state index contributed by atoms with van der Waals surface area (Å²) in [5, 5.41) is 37.1. The number of carbonyl (C=O) groups is 1. The third-order valence-corrected chi connectivity index (χ3v) is 3.68. The summed E-state index contributed by atoms with van der Waals surface area (Å²) >= 11 is 2.14. The van der Waals surface area contributed by atoms with Gasteiger partial charge in [0.25, 0.3) is 0 Å². The second-order valence-electron chi connectivity index (χ2n) is 4.53. The fourth-order valence-electron chi connectivity index (χ4n) is 1.66. The van der Waals surface area contributed by atoms with Gasteiger partial charge in [-0.2, -0.15) is 0 Å². The SMILES string of the molecule is N[C@@H](C(=O)Cc1ccc(I)cc1)[C@@H](O)[C@H](O)[C@H](O)CO. The zero-order chi connectivity index (χ0) is 15.3. The van der Waals surface area contributed by atoms with Crippen molar-refractivity contribution in [1.82, 2.24) is 0 Å². The summed E-state index contributed by atoms with van der Waals surface area (Å²) in [5.74, 6) is -0.456. The summed E-state index contributed by atoms with van der Waals surface area (Å²) in [7, 11) is 0. The molecular formula is C13H18INO5. The zero-order valence-electron chi connectivity index (χ0n) is 10.7. The predicted octanol–water partition coefficient (Wildman–Crippen LogP) is -1.19. The Kier molecular flexibility index (Phi) is 7.00. The van der Waals surface area contributed by atoms with Crippen molar-refractivity contribution in [2.75, 3.05) is 6.61 Å². The van der Waals surface area contributed by atoms with E-state index in [4.69, 9.17) is 10.8 Å². The number of ketones is 1. The van der Waals surface area contributed by atoms with Crippen molar-refractivity contribution in [3.05, 3.63) is 33.4 Å². The second-order valence-corrected chi connectivity index (χ2v) is 5.77. The summed E-state index contributed by atoms with van der Waals surface area (Å²) in [6.45, 7) is -0.726. The molecule has 0 amide bonds. The number of nitrogens with two attached hydrogens (primary N) is 1. The molecule has 0 aliphatic carbocycles. The Morgan fingerprint density at radius 1 is 1.15 bits per heavy atom. The molecule has 0 fully saturated rings. The molecule has 1 rings (SSSR count).